The van der Waals surface area contributed by atoms with Crippen molar-refractivity contribution in [3.05, 3.63) is 23.9 Å². The van der Waals surface area contributed by atoms with E-state index in [0.717, 1.165) is 5.69 Å². The van der Waals surface area contributed by atoms with Crippen LogP contribution in [0.1, 0.15) is 25.0 Å². The molecule has 3 nitrogen and oxygen atoms in total. The summed E-state index contributed by atoms with van der Waals surface area (Å²) in [5.74, 6) is 0.583. The summed E-state index contributed by atoms with van der Waals surface area (Å²) in [6.07, 6.45) is -2.55. The van der Waals surface area contributed by atoms with Crippen molar-refractivity contribution in [1.82, 2.24) is 10.3 Å². The summed E-state index contributed by atoms with van der Waals surface area (Å²) in [4.78, 5) is 5.90. The van der Waals surface area contributed by atoms with Crippen LogP contribution in [0.2, 0.25) is 0 Å². The zero-order chi connectivity index (χ0) is 13.9. The summed E-state index contributed by atoms with van der Waals surface area (Å²) < 4.78 is 36.5. The van der Waals surface area contributed by atoms with Crippen molar-refractivity contribution in [2.75, 3.05) is 18.5 Å². The Labute approximate surface area is 110 Å². The first kappa shape index (κ1) is 14.1. The maximum absolute atomic E-state index is 12.2. The van der Waals surface area contributed by atoms with Crippen LogP contribution in [-0.4, -0.2) is 30.8 Å². The van der Waals surface area contributed by atoms with Gasteiger partial charge >= 0.3 is 6.18 Å². The van der Waals surface area contributed by atoms with Gasteiger partial charge in [-0.3, -0.25) is 0 Å². The van der Waals surface area contributed by atoms with E-state index in [0.29, 0.717) is 18.4 Å². The van der Waals surface area contributed by atoms with Crippen molar-refractivity contribution in [3.63, 3.8) is 0 Å². The number of aromatic nitrogens is 1. The van der Waals surface area contributed by atoms with Gasteiger partial charge in [-0.15, -0.1) is 0 Å². The first-order chi connectivity index (χ1) is 8.94. The van der Waals surface area contributed by atoms with E-state index in [1.54, 1.807) is 13.1 Å². The molecule has 1 aromatic heterocycles. The molecule has 1 heterocycles. The molecule has 6 heteroatoms. The molecule has 1 aromatic rings. The lowest BCUT2D eigenvalue weighted by molar-refractivity contribution is -0.132. The largest absolute Gasteiger partial charge is 0.390 e. The number of anilines is 1. The van der Waals surface area contributed by atoms with E-state index in [1.165, 1.54) is 17.7 Å². The lowest BCUT2D eigenvalue weighted by atomic mass is 10.3. The van der Waals surface area contributed by atoms with Gasteiger partial charge in [0, 0.05) is 26.2 Å². The second-order valence-electron chi connectivity index (χ2n) is 4.93. The Morgan fingerprint density at radius 1 is 1.37 bits per heavy atom. The van der Waals surface area contributed by atoms with Crippen LogP contribution in [0, 0.1) is 0 Å². The molecular weight excluding hydrogens is 255 g/mol. The molecule has 0 aliphatic heterocycles. The van der Waals surface area contributed by atoms with Crippen LogP contribution in [0.4, 0.5) is 19.0 Å². The minimum Gasteiger partial charge on any atom is -0.359 e. The molecule has 0 saturated heterocycles. The van der Waals surface area contributed by atoms with Crippen LogP contribution < -0.4 is 10.2 Å². The van der Waals surface area contributed by atoms with E-state index in [1.807, 2.05) is 12.1 Å². The molecule has 0 atom stereocenters. The Balaban J connectivity index is 1.88. The average molecular weight is 273 g/mol. The van der Waals surface area contributed by atoms with Crippen LogP contribution in [0.25, 0.3) is 0 Å². The van der Waals surface area contributed by atoms with Gasteiger partial charge in [-0.25, -0.2) is 4.98 Å². The lowest BCUT2D eigenvalue weighted by Crippen LogP contribution is -2.25. The summed E-state index contributed by atoms with van der Waals surface area (Å²) in [5.41, 5.74) is 0.864. The van der Waals surface area contributed by atoms with Gasteiger partial charge in [0.15, 0.2) is 0 Å². The third-order valence-corrected chi connectivity index (χ3v) is 3.06. The number of hydrogen-bond acceptors (Lipinski definition) is 3. The van der Waals surface area contributed by atoms with Crippen molar-refractivity contribution in [1.29, 1.82) is 0 Å². The van der Waals surface area contributed by atoms with Crippen molar-refractivity contribution in [2.45, 2.75) is 38.0 Å². The molecule has 106 valence electrons. The molecule has 19 heavy (non-hydrogen) atoms. The highest BCUT2D eigenvalue weighted by molar-refractivity contribution is 5.38. The summed E-state index contributed by atoms with van der Waals surface area (Å²) in [6.45, 7) is 0.599. The normalized spacial score (nSPS) is 15.6. The Morgan fingerprint density at radius 2 is 2.11 bits per heavy atom. The van der Waals surface area contributed by atoms with Crippen molar-refractivity contribution >= 4 is 5.82 Å². The molecule has 2 rings (SSSR count). The zero-order valence-corrected chi connectivity index (χ0v) is 10.9. The predicted molar refractivity (Wildman–Crippen MR) is 68.0 cm³/mol. The highest BCUT2D eigenvalue weighted by atomic mass is 19.4. The third kappa shape index (κ3) is 5.06. The summed E-state index contributed by atoms with van der Waals surface area (Å²) in [6, 6.07) is 6.04. The molecular formula is C13H18F3N3. The van der Waals surface area contributed by atoms with Crippen LogP contribution >= 0.6 is 0 Å². The lowest BCUT2D eigenvalue weighted by Gasteiger charge is -2.19. The van der Waals surface area contributed by atoms with Crippen LogP contribution in [0.15, 0.2) is 18.2 Å². The third-order valence-electron chi connectivity index (χ3n) is 3.06. The van der Waals surface area contributed by atoms with Gasteiger partial charge in [-0.1, -0.05) is 6.07 Å². The van der Waals surface area contributed by atoms with Crippen molar-refractivity contribution in [2.24, 2.45) is 0 Å². The monoisotopic (exact) mass is 273 g/mol. The summed E-state index contributed by atoms with van der Waals surface area (Å²) in [7, 11) is 1.63. The topological polar surface area (TPSA) is 28.2 Å². The fourth-order valence-corrected chi connectivity index (χ4v) is 1.72. The Bertz CT molecular complexity index is 416. The fourth-order valence-electron chi connectivity index (χ4n) is 1.72. The van der Waals surface area contributed by atoms with E-state index in [4.69, 9.17) is 0 Å². The molecule has 1 aliphatic rings. The minimum atomic E-state index is -4.13. The van der Waals surface area contributed by atoms with Gasteiger partial charge in [0.05, 0.1) is 12.1 Å². The first-order valence-electron chi connectivity index (χ1n) is 6.41. The predicted octanol–water partition coefficient (Wildman–Crippen LogP) is 2.72. The maximum Gasteiger partial charge on any atom is 0.390 e. The van der Waals surface area contributed by atoms with E-state index in [2.05, 4.69) is 10.3 Å². The SMILES string of the molecule is CN(CCC(F)(F)F)c1cccc(CNC2CC2)n1. The first-order valence-corrected chi connectivity index (χ1v) is 6.41. The molecule has 0 bridgehead atoms. The fraction of sp³-hybridized carbons (Fsp3) is 0.615. The number of alkyl halides is 3. The van der Waals surface area contributed by atoms with Gasteiger partial charge in [-0.05, 0) is 25.0 Å². The van der Waals surface area contributed by atoms with Gasteiger partial charge in [0.2, 0.25) is 0 Å². The van der Waals surface area contributed by atoms with Crippen LogP contribution in [-0.2, 0) is 6.54 Å². The second kappa shape index (κ2) is 5.77. The van der Waals surface area contributed by atoms with Crippen molar-refractivity contribution < 1.29 is 13.2 Å². The van der Waals surface area contributed by atoms with Gasteiger partial charge in [0.1, 0.15) is 5.82 Å². The number of nitrogens with one attached hydrogen (secondary N) is 1. The number of halogens is 3. The van der Waals surface area contributed by atoms with Gasteiger partial charge in [0.25, 0.3) is 0 Å². The van der Waals surface area contributed by atoms with E-state index in [-0.39, 0.29) is 6.54 Å². The minimum absolute atomic E-state index is 0.0734. The Morgan fingerprint density at radius 3 is 2.74 bits per heavy atom. The summed E-state index contributed by atoms with van der Waals surface area (Å²) in [5, 5.41) is 3.33. The van der Waals surface area contributed by atoms with Gasteiger partial charge < -0.3 is 10.2 Å². The van der Waals surface area contributed by atoms with E-state index < -0.39 is 12.6 Å². The average Bonchev–Trinajstić information content (AvgIpc) is 3.17. The van der Waals surface area contributed by atoms with Crippen LogP contribution in [0.3, 0.4) is 0 Å². The smallest absolute Gasteiger partial charge is 0.359 e. The second-order valence-corrected chi connectivity index (χ2v) is 4.93. The number of nitrogens with zero attached hydrogens (tertiary/aromatic N) is 2. The molecule has 0 unspecified atom stereocenters. The molecule has 1 aliphatic carbocycles. The zero-order valence-electron chi connectivity index (χ0n) is 10.9. The van der Waals surface area contributed by atoms with E-state index in [9.17, 15) is 13.2 Å². The number of rotatable bonds is 6. The summed E-state index contributed by atoms with van der Waals surface area (Å²) >= 11 is 0. The maximum atomic E-state index is 12.2. The molecule has 0 spiro atoms. The Hall–Kier alpha value is -1.30. The van der Waals surface area contributed by atoms with E-state index >= 15 is 0 Å². The quantitative estimate of drug-likeness (QED) is 0.863. The Kier molecular flexibility index (Phi) is 4.29. The highest BCUT2D eigenvalue weighted by Crippen LogP contribution is 2.21. The highest BCUT2D eigenvalue weighted by Gasteiger charge is 2.27. The molecule has 0 amide bonds. The van der Waals surface area contributed by atoms with Crippen LogP contribution in [0.5, 0.6) is 0 Å². The van der Waals surface area contributed by atoms with Gasteiger partial charge in [-0.2, -0.15) is 13.2 Å². The molecule has 0 radical (unpaired) electrons. The molecule has 1 saturated carbocycles. The molecule has 1 fully saturated rings. The molecule has 1 N–H and O–H groups in total. The molecule has 0 aromatic carbocycles. The standard InChI is InChI=1S/C13H18F3N3/c1-19(8-7-13(14,15)16)12-4-2-3-11(18-12)9-17-10-5-6-10/h2-4,10,17H,5-9H2,1H3. The number of pyridine rings is 1. The number of hydrogen-bond donors (Lipinski definition) is 1. The van der Waals surface area contributed by atoms with Crippen molar-refractivity contribution in [3.8, 4) is 0 Å².